The molecule has 1 N–H and O–H groups in total. The second-order valence-electron chi connectivity index (χ2n) is 5.83. The average molecular weight is 310 g/mol. The molecule has 0 aromatic rings. The van der Waals surface area contributed by atoms with E-state index < -0.39 is 47.6 Å². The summed E-state index contributed by atoms with van der Waals surface area (Å²) in [4.78, 5) is 46.3. The molecule has 8 nitrogen and oxygen atoms in total. The third-order valence-corrected chi connectivity index (χ3v) is 4.68. The van der Waals surface area contributed by atoms with E-state index in [0.717, 1.165) is 6.08 Å². The lowest BCUT2D eigenvalue weighted by Crippen LogP contribution is -2.46. The zero-order valence-corrected chi connectivity index (χ0v) is 11.6. The Morgan fingerprint density at radius 2 is 2.14 bits per heavy atom. The number of rotatable bonds is 5. The SMILES string of the molecule is C=CC(=O)OCC(=O)OC12CC3CC1C(C(=O)O)(C3)C(=O)O2. The second-order valence-corrected chi connectivity index (χ2v) is 5.83. The molecule has 0 aromatic heterocycles. The van der Waals surface area contributed by atoms with Crippen LogP contribution in [0.15, 0.2) is 12.7 Å². The van der Waals surface area contributed by atoms with Gasteiger partial charge in [-0.15, -0.1) is 0 Å². The lowest BCUT2D eigenvalue weighted by molar-refractivity contribution is -0.226. The van der Waals surface area contributed by atoms with Gasteiger partial charge in [0.05, 0.1) is 5.92 Å². The molecule has 0 spiro atoms. The van der Waals surface area contributed by atoms with Crippen LogP contribution in [0.5, 0.6) is 0 Å². The van der Waals surface area contributed by atoms with Crippen LogP contribution < -0.4 is 0 Å². The highest BCUT2D eigenvalue weighted by atomic mass is 16.7. The number of carboxylic acids is 1. The predicted octanol–water partition coefficient (Wildman–Crippen LogP) is 0.0128. The first-order valence-corrected chi connectivity index (χ1v) is 6.82. The van der Waals surface area contributed by atoms with Crippen LogP contribution in [-0.2, 0) is 33.4 Å². The van der Waals surface area contributed by atoms with Gasteiger partial charge in [-0.2, -0.15) is 0 Å². The Morgan fingerprint density at radius 1 is 1.41 bits per heavy atom. The molecule has 4 unspecified atom stereocenters. The second kappa shape index (κ2) is 4.56. The lowest BCUT2D eigenvalue weighted by atomic mass is 9.73. The van der Waals surface area contributed by atoms with E-state index in [9.17, 15) is 24.3 Å². The summed E-state index contributed by atoms with van der Waals surface area (Å²) < 4.78 is 14.9. The summed E-state index contributed by atoms with van der Waals surface area (Å²) in [7, 11) is 0. The van der Waals surface area contributed by atoms with Gasteiger partial charge in [0.2, 0.25) is 0 Å². The van der Waals surface area contributed by atoms with Crippen molar-refractivity contribution < 1.29 is 38.5 Å². The van der Waals surface area contributed by atoms with Gasteiger partial charge in [-0.1, -0.05) is 6.58 Å². The number of esters is 3. The summed E-state index contributed by atoms with van der Waals surface area (Å²) in [6.07, 6.45) is 1.84. The van der Waals surface area contributed by atoms with E-state index in [2.05, 4.69) is 11.3 Å². The number of carboxylic acid groups (broad SMARTS) is 1. The Hall–Kier alpha value is -2.38. The van der Waals surface area contributed by atoms with E-state index in [1.165, 1.54) is 0 Å². The molecule has 1 heterocycles. The molecule has 2 aliphatic carbocycles. The Bertz CT molecular complexity index is 596. The van der Waals surface area contributed by atoms with Crippen molar-refractivity contribution in [3.63, 3.8) is 0 Å². The molecule has 2 saturated carbocycles. The maximum atomic E-state index is 12.1. The molecule has 4 atom stereocenters. The first-order valence-electron chi connectivity index (χ1n) is 6.82. The minimum Gasteiger partial charge on any atom is -0.480 e. The first-order chi connectivity index (χ1) is 10.3. The maximum Gasteiger partial charge on any atom is 0.347 e. The van der Waals surface area contributed by atoms with Crippen molar-refractivity contribution in [2.75, 3.05) is 6.61 Å². The van der Waals surface area contributed by atoms with Crippen LogP contribution in [0, 0.1) is 17.3 Å². The largest absolute Gasteiger partial charge is 0.480 e. The van der Waals surface area contributed by atoms with E-state index in [1.54, 1.807) is 0 Å². The van der Waals surface area contributed by atoms with Crippen LogP contribution in [0.3, 0.4) is 0 Å². The maximum absolute atomic E-state index is 12.1. The lowest BCUT2D eigenvalue weighted by Gasteiger charge is -2.32. The molecule has 3 fully saturated rings. The van der Waals surface area contributed by atoms with E-state index in [1.807, 2.05) is 0 Å². The summed E-state index contributed by atoms with van der Waals surface area (Å²) in [5, 5.41) is 9.42. The summed E-state index contributed by atoms with van der Waals surface area (Å²) in [6.45, 7) is 2.54. The molecule has 0 aromatic carbocycles. The summed E-state index contributed by atoms with van der Waals surface area (Å²) in [5.41, 5.74) is -1.62. The van der Waals surface area contributed by atoms with Crippen molar-refractivity contribution in [3.05, 3.63) is 12.7 Å². The van der Waals surface area contributed by atoms with Gasteiger partial charge in [0.15, 0.2) is 12.0 Å². The highest BCUT2D eigenvalue weighted by Crippen LogP contribution is 2.67. The minimum absolute atomic E-state index is 0.0453. The molecule has 2 bridgehead atoms. The Balaban J connectivity index is 1.76. The van der Waals surface area contributed by atoms with Crippen LogP contribution in [0.4, 0.5) is 0 Å². The minimum atomic E-state index is -1.62. The number of hydrogen-bond donors (Lipinski definition) is 1. The Labute approximate surface area is 125 Å². The molecular weight excluding hydrogens is 296 g/mol. The fraction of sp³-hybridized carbons (Fsp3) is 0.571. The monoisotopic (exact) mass is 310 g/mol. The van der Waals surface area contributed by atoms with E-state index >= 15 is 0 Å². The van der Waals surface area contributed by atoms with Gasteiger partial charge in [-0.3, -0.25) is 9.59 Å². The van der Waals surface area contributed by atoms with Crippen molar-refractivity contribution >= 4 is 23.9 Å². The predicted molar refractivity (Wildman–Crippen MR) is 67.0 cm³/mol. The summed E-state index contributed by atoms with van der Waals surface area (Å²) in [5.74, 6) is -6.08. The Morgan fingerprint density at radius 3 is 2.73 bits per heavy atom. The Kier molecular flexibility index (Phi) is 3.01. The molecule has 3 rings (SSSR count). The molecule has 8 heteroatoms. The zero-order valence-electron chi connectivity index (χ0n) is 11.6. The molecule has 1 aliphatic heterocycles. The van der Waals surface area contributed by atoms with Gasteiger partial charge in [0.1, 0.15) is 0 Å². The van der Waals surface area contributed by atoms with Crippen LogP contribution in [-0.4, -0.2) is 41.4 Å². The molecule has 0 radical (unpaired) electrons. The zero-order chi connectivity index (χ0) is 16.1. The number of carbonyl (C=O) groups is 4. The van der Waals surface area contributed by atoms with Crippen molar-refractivity contribution in [2.24, 2.45) is 17.3 Å². The molecule has 0 amide bonds. The molecule has 3 aliphatic rings. The van der Waals surface area contributed by atoms with E-state index in [4.69, 9.17) is 9.47 Å². The van der Waals surface area contributed by atoms with Crippen LogP contribution in [0.1, 0.15) is 19.3 Å². The molecule has 22 heavy (non-hydrogen) atoms. The number of carbonyl (C=O) groups excluding carboxylic acids is 3. The van der Waals surface area contributed by atoms with Crippen molar-refractivity contribution in [1.29, 1.82) is 0 Å². The smallest absolute Gasteiger partial charge is 0.347 e. The quantitative estimate of drug-likeness (QED) is 0.429. The van der Waals surface area contributed by atoms with Gasteiger partial charge in [-0.05, 0) is 18.8 Å². The number of fused-ring (bicyclic) bond motifs is 1. The van der Waals surface area contributed by atoms with Gasteiger partial charge < -0.3 is 19.3 Å². The first kappa shape index (κ1) is 14.6. The van der Waals surface area contributed by atoms with Gasteiger partial charge in [0.25, 0.3) is 5.79 Å². The van der Waals surface area contributed by atoms with Crippen LogP contribution in [0.2, 0.25) is 0 Å². The van der Waals surface area contributed by atoms with Crippen molar-refractivity contribution in [1.82, 2.24) is 0 Å². The van der Waals surface area contributed by atoms with E-state index in [-0.39, 0.29) is 18.8 Å². The number of hydrogen-bond acceptors (Lipinski definition) is 7. The molecule has 118 valence electrons. The number of aliphatic carboxylic acids is 1. The molecular formula is C14H14O8. The van der Waals surface area contributed by atoms with Gasteiger partial charge >= 0.3 is 23.9 Å². The topological polar surface area (TPSA) is 116 Å². The van der Waals surface area contributed by atoms with Crippen LogP contribution >= 0.6 is 0 Å². The fourth-order valence-corrected chi connectivity index (χ4v) is 3.93. The fourth-order valence-electron chi connectivity index (χ4n) is 3.93. The normalized spacial score (nSPS) is 37.5. The average Bonchev–Trinajstić information content (AvgIpc) is 3.02. The van der Waals surface area contributed by atoms with Crippen molar-refractivity contribution in [3.8, 4) is 0 Å². The highest BCUT2D eigenvalue weighted by Gasteiger charge is 2.79. The van der Waals surface area contributed by atoms with Crippen LogP contribution in [0.25, 0.3) is 0 Å². The summed E-state index contributed by atoms with van der Waals surface area (Å²) in [6, 6.07) is 0. The third kappa shape index (κ3) is 1.76. The standard InChI is InChI=1S/C14H14O8/c1-2-9(15)20-6-10(16)21-14-5-7-3-8(14)13(4-7,11(17)18)12(19)22-14/h2,7-8H,1,3-6H2,(H,17,18). The van der Waals surface area contributed by atoms with Crippen molar-refractivity contribution in [2.45, 2.75) is 25.0 Å². The highest BCUT2D eigenvalue weighted by molar-refractivity contribution is 6.02. The number of ether oxygens (including phenoxy) is 3. The van der Waals surface area contributed by atoms with Gasteiger partial charge in [-0.25, -0.2) is 9.59 Å². The third-order valence-electron chi connectivity index (χ3n) is 4.68. The van der Waals surface area contributed by atoms with E-state index in [0.29, 0.717) is 6.42 Å². The van der Waals surface area contributed by atoms with Gasteiger partial charge in [0, 0.05) is 12.5 Å². The summed E-state index contributed by atoms with van der Waals surface area (Å²) >= 11 is 0. The molecule has 1 saturated heterocycles.